The number of ether oxygens (including phenoxy) is 1. The lowest BCUT2D eigenvalue weighted by atomic mass is 10.2. The fourth-order valence-electron chi connectivity index (χ4n) is 2.76. The Hall–Kier alpha value is -2.22. The topological polar surface area (TPSA) is 86.9 Å². The average Bonchev–Trinajstić information content (AvgIpc) is 3.23. The molecular formula is C15H22N6O2. The average molecular weight is 318 g/mol. The number of nitrogens with zero attached hydrogens (tertiary/aromatic N) is 5. The summed E-state index contributed by atoms with van der Waals surface area (Å²) in [5, 5.41) is 15.1. The number of aryl methyl sites for hydroxylation is 2. The summed E-state index contributed by atoms with van der Waals surface area (Å²) in [5.41, 5.74) is 2.39. The molecule has 3 heterocycles. The van der Waals surface area contributed by atoms with Crippen LogP contribution in [-0.2, 0) is 17.8 Å². The van der Waals surface area contributed by atoms with Crippen molar-refractivity contribution < 1.29 is 9.53 Å². The molecule has 3 rings (SSSR count). The molecule has 124 valence electrons. The fraction of sp³-hybridized carbons (Fsp3) is 0.600. The second-order valence-corrected chi connectivity index (χ2v) is 5.87. The minimum absolute atomic E-state index is 0.179. The van der Waals surface area contributed by atoms with Crippen LogP contribution >= 0.6 is 0 Å². The molecule has 0 bridgehead atoms. The Morgan fingerprint density at radius 3 is 3.04 bits per heavy atom. The van der Waals surface area contributed by atoms with Crippen LogP contribution in [0.3, 0.4) is 0 Å². The van der Waals surface area contributed by atoms with Gasteiger partial charge in [0.1, 0.15) is 0 Å². The minimum atomic E-state index is -0.217. The molecule has 0 spiro atoms. The highest BCUT2D eigenvalue weighted by Crippen LogP contribution is 2.13. The van der Waals surface area contributed by atoms with E-state index < -0.39 is 0 Å². The third-order valence-corrected chi connectivity index (χ3v) is 3.90. The van der Waals surface area contributed by atoms with E-state index in [1.165, 1.54) is 0 Å². The molecule has 1 saturated heterocycles. The highest BCUT2D eigenvalue weighted by atomic mass is 16.5. The normalized spacial score (nSPS) is 17.6. The van der Waals surface area contributed by atoms with Gasteiger partial charge < -0.3 is 10.1 Å². The predicted octanol–water partition coefficient (Wildman–Crippen LogP) is 0.700. The molecule has 2 aromatic rings. The maximum atomic E-state index is 12.1. The summed E-state index contributed by atoms with van der Waals surface area (Å²) in [7, 11) is 0. The van der Waals surface area contributed by atoms with E-state index in [0.717, 1.165) is 30.8 Å². The van der Waals surface area contributed by atoms with E-state index in [9.17, 15) is 4.79 Å². The van der Waals surface area contributed by atoms with Crippen LogP contribution in [0.1, 0.15) is 34.7 Å². The van der Waals surface area contributed by atoms with Gasteiger partial charge in [0.2, 0.25) is 0 Å². The summed E-state index contributed by atoms with van der Waals surface area (Å²) in [6.45, 7) is 6.53. The van der Waals surface area contributed by atoms with Gasteiger partial charge >= 0.3 is 0 Å². The lowest BCUT2D eigenvalue weighted by Gasteiger charge is -2.07. The Balaban J connectivity index is 1.48. The summed E-state index contributed by atoms with van der Waals surface area (Å²) < 4.78 is 9.11. The van der Waals surface area contributed by atoms with Crippen molar-refractivity contribution in [3.05, 3.63) is 29.3 Å². The van der Waals surface area contributed by atoms with Gasteiger partial charge in [0.25, 0.3) is 5.91 Å². The number of carbonyl (C=O) groups is 1. The van der Waals surface area contributed by atoms with Crippen molar-refractivity contribution >= 4 is 5.91 Å². The number of hydrogen-bond donors (Lipinski definition) is 1. The van der Waals surface area contributed by atoms with E-state index in [1.807, 2.05) is 24.6 Å². The van der Waals surface area contributed by atoms with Crippen molar-refractivity contribution in [1.82, 2.24) is 30.1 Å². The zero-order chi connectivity index (χ0) is 16.2. The highest BCUT2D eigenvalue weighted by Gasteiger charge is 2.18. The van der Waals surface area contributed by atoms with Crippen LogP contribution in [0.25, 0.3) is 0 Å². The second kappa shape index (κ2) is 6.91. The van der Waals surface area contributed by atoms with Crippen molar-refractivity contribution in [3.8, 4) is 0 Å². The molecule has 1 atom stereocenters. The molecule has 23 heavy (non-hydrogen) atoms. The molecule has 1 fully saturated rings. The summed E-state index contributed by atoms with van der Waals surface area (Å²) in [5.74, 6) is -0.217. The number of nitrogens with one attached hydrogen (secondary N) is 1. The standard InChI is InChI=1S/C15H22N6O2/c1-11-8-12(2)21(18-11)6-5-16-15(22)14-10-20(19-17-14)9-13-4-3-7-23-13/h8,10,13H,3-7,9H2,1-2H3,(H,16,22). The van der Waals surface area contributed by atoms with E-state index >= 15 is 0 Å². The minimum Gasteiger partial charge on any atom is -0.376 e. The first-order valence-electron chi connectivity index (χ1n) is 7.93. The first-order valence-corrected chi connectivity index (χ1v) is 7.93. The summed E-state index contributed by atoms with van der Waals surface area (Å²) >= 11 is 0. The molecule has 1 aliphatic rings. The first-order chi connectivity index (χ1) is 11.1. The second-order valence-electron chi connectivity index (χ2n) is 5.87. The van der Waals surface area contributed by atoms with Gasteiger partial charge in [-0.3, -0.25) is 9.48 Å². The van der Waals surface area contributed by atoms with Crippen LogP contribution in [0, 0.1) is 13.8 Å². The molecule has 0 saturated carbocycles. The van der Waals surface area contributed by atoms with E-state index in [4.69, 9.17) is 4.74 Å². The van der Waals surface area contributed by atoms with E-state index in [0.29, 0.717) is 25.3 Å². The Morgan fingerprint density at radius 2 is 2.35 bits per heavy atom. The van der Waals surface area contributed by atoms with Crippen LogP contribution in [0.5, 0.6) is 0 Å². The highest BCUT2D eigenvalue weighted by molar-refractivity contribution is 5.91. The lowest BCUT2D eigenvalue weighted by Crippen LogP contribution is -2.28. The van der Waals surface area contributed by atoms with Gasteiger partial charge in [-0.2, -0.15) is 5.10 Å². The van der Waals surface area contributed by atoms with Crippen molar-refractivity contribution in [2.45, 2.75) is 45.9 Å². The number of rotatable bonds is 6. The maximum Gasteiger partial charge on any atom is 0.273 e. The molecular weight excluding hydrogens is 296 g/mol. The Bertz CT molecular complexity index is 671. The van der Waals surface area contributed by atoms with Crippen LogP contribution in [0.4, 0.5) is 0 Å². The summed E-state index contributed by atoms with van der Waals surface area (Å²) in [4.78, 5) is 12.1. The van der Waals surface area contributed by atoms with Crippen LogP contribution in [0.2, 0.25) is 0 Å². The predicted molar refractivity (Wildman–Crippen MR) is 83.0 cm³/mol. The Labute approximate surface area is 134 Å². The molecule has 8 nitrogen and oxygen atoms in total. The van der Waals surface area contributed by atoms with Crippen molar-refractivity contribution in [2.75, 3.05) is 13.2 Å². The SMILES string of the molecule is Cc1cc(C)n(CCNC(=O)c2cn(CC3CCCO3)nn2)n1. The van der Waals surface area contributed by atoms with Gasteiger partial charge in [-0.25, -0.2) is 4.68 Å². The molecule has 0 radical (unpaired) electrons. The third kappa shape index (κ3) is 3.95. The number of hydrogen-bond acceptors (Lipinski definition) is 5. The quantitative estimate of drug-likeness (QED) is 0.847. The van der Waals surface area contributed by atoms with E-state index in [1.54, 1.807) is 10.9 Å². The van der Waals surface area contributed by atoms with Crippen molar-refractivity contribution in [3.63, 3.8) is 0 Å². The summed E-state index contributed by atoms with van der Waals surface area (Å²) in [6, 6.07) is 2.01. The molecule has 8 heteroatoms. The van der Waals surface area contributed by atoms with Crippen LogP contribution < -0.4 is 5.32 Å². The lowest BCUT2D eigenvalue weighted by molar-refractivity contribution is 0.0929. The molecule has 0 aliphatic carbocycles. The van der Waals surface area contributed by atoms with Crippen molar-refractivity contribution in [1.29, 1.82) is 0 Å². The zero-order valence-corrected chi connectivity index (χ0v) is 13.5. The molecule has 1 unspecified atom stereocenters. The number of carbonyl (C=O) groups excluding carboxylic acids is 1. The smallest absolute Gasteiger partial charge is 0.273 e. The summed E-state index contributed by atoms with van der Waals surface area (Å²) in [6.07, 6.45) is 3.96. The maximum absolute atomic E-state index is 12.1. The molecule has 1 N–H and O–H groups in total. The monoisotopic (exact) mass is 318 g/mol. The van der Waals surface area contributed by atoms with E-state index in [-0.39, 0.29) is 12.0 Å². The third-order valence-electron chi connectivity index (χ3n) is 3.90. The molecule has 0 aromatic carbocycles. The zero-order valence-electron chi connectivity index (χ0n) is 13.5. The molecule has 2 aromatic heterocycles. The van der Waals surface area contributed by atoms with Gasteiger partial charge in [-0.15, -0.1) is 5.10 Å². The van der Waals surface area contributed by atoms with Gasteiger partial charge in [0.05, 0.1) is 31.1 Å². The Kier molecular flexibility index (Phi) is 4.71. The van der Waals surface area contributed by atoms with Gasteiger partial charge in [-0.05, 0) is 32.8 Å². The largest absolute Gasteiger partial charge is 0.376 e. The van der Waals surface area contributed by atoms with Gasteiger partial charge in [-0.1, -0.05) is 5.21 Å². The first kappa shape index (κ1) is 15.7. The number of amides is 1. The van der Waals surface area contributed by atoms with Crippen LogP contribution in [0.15, 0.2) is 12.3 Å². The van der Waals surface area contributed by atoms with Crippen LogP contribution in [-0.4, -0.2) is 49.9 Å². The fourth-order valence-corrected chi connectivity index (χ4v) is 2.76. The van der Waals surface area contributed by atoms with Crippen molar-refractivity contribution in [2.24, 2.45) is 0 Å². The molecule has 1 aliphatic heterocycles. The van der Waals surface area contributed by atoms with Gasteiger partial charge in [0.15, 0.2) is 5.69 Å². The van der Waals surface area contributed by atoms with Gasteiger partial charge in [0, 0.05) is 18.8 Å². The molecule has 1 amide bonds. The number of aromatic nitrogens is 5. The Morgan fingerprint density at radius 1 is 1.48 bits per heavy atom. The van der Waals surface area contributed by atoms with E-state index in [2.05, 4.69) is 20.7 Å².